The molecule has 0 aliphatic carbocycles. The quantitative estimate of drug-likeness (QED) is 0.196. The van der Waals surface area contributed by atoms with Crippen LogP contribution < -0.4 is 0 Å². The van der Waals surface area contributed by atoms with Crippen molar-refractivity contribution in [1.82, 2.24) is 0 Å². The Morgan fingerprint density at radius 3 is 3.00 bits per heavy atom. The average Bonchev–Trinajstić information content (AvgIpc) is 1.96. The van der Waals surface area contributed by atoms with E-state index in [0.717, 1.165) is 12.8 Å². The second-order valence-electron chi connectivity index (χ2n) is 2.11. The molecule has 0 unspecified atom stereocenters. The molecule has 0 aromatic rings. The number of azide groups is 1. The predicted molar refractivity (Wildman–Crippen MR) is 43.1 cm³/mol. The van der Waals surface area contributed by atoms with Crippen LogP contribution in [0.15, 0.2) is 17.3 Å². The summed E-state index contributed by atoms with van der Waals surface area (Å²) in [6.07, 6.45) is 4.90. The highest BCUT2D eigenvalue weighted by Crippen LogP contribution is 1.91. The molecular formula is C7H11N3O. The van der Waals surface area contributed by atoms with Crippen molar-refractivity contribution in [3.05, 3.63) is 22.6 Å². The number of allylic oxidation sites excluding steroid dienone is 2. The van der Waals surface area contributed by atoms with E-state index in [0.29, 0.717) is 6.54 Å². The van der Waals surface area contributed by atoms with Gasteiger partial charge in [0.1, 0.15) is 0 Å². The van der Waals surface area contributed by atoms with Crippen LogP contribution in [0.2, 0.25) is 0 Å². The Bertz CT molecular complexity index is 192. The topological polar surface area (TPSA) is 65.8 Å². The smallest absolute Gasteiger partial charge is 0.152 e. The van der Waals surface area contributed by atoms with Crippen molar-refractivity contribution in [2.45, 2.75) is 19.8 Å². The molecule has 4 nitrogen and oxygen atoms in total. The zero-order chi connectivity index (χ0) is 8.53. The first-order valence-electron chi connectivity index (χ1n) is 3.45. The maximum Gasteiger partial charge on any atom is 0.152 e. The van der Waals surface area contributed by atoms with Gasteiger partial charge in [-0.3, -0.25) is 4.79 Å². The fourth-order valence-electron chi connectivity index (χ4n) is 0.574. The van der Waals surface area contributed by atoms with Crippen molar-refractivity contribution in [2.75, 3.05) is 6.54 Å². The predicted octanol–water partition coefficient (Wildman–Crippen LogP) is 2.22. The molecule has 0 saturated heterocycles. The summed E-state index contributed by atoms with van der Waals surface area (Å²) in [5, 5.41) is 3.35. The monoisotopic (exact) mass is 153 g/mol. The van der Waals surface area contributed by atoms with E-state index in [-0.39, 0.29) is 5.78 Å². The maximum atomic E-state index is 10.4. The van der Waals surface area contributed by atoms with Gasteiger partial charge in [-0.2, -0.15) is 0 Å². The molecule has 0 rings (SSSR count). The SMILES string of the molecule is CC(=O)/C=C/CCCN=[N+]=[N-]. The lowest BCUT2D eigenvalue weighted by molar-refractivity contribution is -0.112. The van der Waals surface area contributed by atoms with E-state index in [1.165, 1.54) is 13.0 Å². The molecule has 0 heterocycles. The summed E-state index contributed by atoms with van der Waals surface area (Å²) >= 11 is 0. The van der Waals surface area contributed by atoms with Gasteiger partial charge in [-0.25, -0.2) is 0 Å². The minimum atomic E-state index is 0.0498. The number of carbonyl (C=O) groups excluding carboxylic acids is 1. The highest BCUT2D eigenvalue weighted by Gasteiger charge is 1.82. The van der Waals surface area contributed by atoms with E-state index in [9.17, 15) is 4.79 Å². The van der Waals surface area contributed by atoms with E-state index in [4.69, 9.17) is 5.53 Å². The molecule has 0 saturated carbocycles. The van der Waals surface area contributed by atoms with Crippen LogP contribution in [0, 0.1) is 0 Å². The summed E-state index contributed by atoms with van der Waals surface area (Å²) in [4.78, 5) is 13.0. The van der Waals surface area contributed by atoms with Gasteiger partial charge in [0.2, 0.25) is 0 Å². The number of nitrogens with zero attached hydrogens (tertiary/aromatic N) is 3. The molecule has 0 N–H and O–H groups in total. The molecule has 0 spiro atoms. The van der Waals surface area contributed by atoms with E-state index >= 15 is 0 Å². The first-order valence-corrected chi connectivity index (χ1v) is 3.45. The van der Waals surface area contributed by atoms with Crippen LogP contribution in [0.5, 0.6) is 0 Å². The Balaban J connectivity index is 3.27. The Morgan fingerprint density at radius 2 is 2.45 bits per heavy atom. The number of unbranched alkanes of at least 4 members (excludes halogenated alkanes) is 1. The second-order valence-corrected chi connectivity index (χ2v) is 2.11. The van der Waals surface area contributed by atoms with E-state index < -0.39 is 0 Å². The molecule has 0 aliphatic heterocycles. The van der Waals surface area contributed by atoms with Gasteiger partial charge in [-0.1, -0.05) is 11.2 Å². The standard InChI is InChI=1S/C7H11N3O/c1-7(11)5-3-2-4-6-9-10-8/h3,5H,2,4,6H2,1H3/b5-3+. The number of rotatable bonds is 5. The number of hydrogen-bond acceptors (Lipinski definition) is 2. The van der Waals surface area contributed by atoms with Crippen molar-refractivity contribution in [3.8, 4) is 0 Å². The Labute approximate surface area is 65.5 Å². The molecule has 60 valence electrons. The van der Waals surface area contributed by atoms with Gasteiger partial charge in [-0.15, -0.1) is 0 Å². The molecule has 0 amide bonds. The summed E-state index contributed by atoms with van der Waals surface area (Å²) in [5.41, 5.74) is 7.90. The minimum Gasteiger partial charge on any atom is -0.295 e. The maximum absolute atomic E-state index is 10.4. The summed E-state index contributed by atoms with van der Waals surface area (Å²) in [7, 11) is 0. The van der Waals surface area contributed by atoms with Gasteiger partial charge in [-0.05, 0) is 31.4 Å². The first kappa shape index (κ1) is 9.72. The van der Waals surface area contributed by atoms with Crippen LogP contribution in [0.25, 0.3) is 10.4 Å². The third-order valence-corrected chi connectivity index (χ3v) is 1.04. The molecule has 0 aromatic heterocycles. The molecule has 11 heavy (non-hydrogen) atoms. The van der Waals surface area contributed by atoms with Gasteiger partial charge in [0.05, 0.1) is 0 Å². The van der Waals surface area contributed by atoms with Gasteiger partial charge in [0, 0.05) is 11.5 Å². The van der Waals surface area contributed by atoms with Crippen LogP contribution in [0.1, 0.15) is 19.8 Å². The van der Waals surface area contributed by atoms with Crippen molar-refractivity contribution in [3.63, 3.8) is 0 Å². The van der Waals surface area contributed by atoms with Gasteiger partial charge >= 0.3 is 0 Å². The highest BCUT2D eigenvalue weighted by atomic mass is 16.1. The van der Waals surface area contributed by atoms with Crippen LogP contribution in [-0.4, -0.2) is 12.3 Å². The molecule has 4 heteroatoms. The fraction of sp³-hybridized carbons (Fsp3) is 0.571. The number of ketones is 1. The summed E-state index contributed by atoms with van der Waals surface area (Å²) in [5.74, 6) is 0.0498. The number of carbonyl (C=O) groups is 1. The van der Waals surface area contributed by atoms with Gasteiger partial charge in [0.15, 0.2) is 5.78 Å². The molecule has 0 radical (unpaired) electrons. The molecule has 0 aromatic carbocycles. The van der Waals surface area contributed by atoms with E-state index in [1.54, 1.807) is 6.08 Å². The third-order valence-electron chi connectivity index (χ3n) is 1.04. The molecule has 0 atom stereocenters. The first-order chi connectivity index (χ1) is 5.27. The largest absolute Gasteiger partial charge is 0.295 e. The van der Waals surface area contributed by atoms with Crippen LogP contribution in [0.3, 0.4) is 0 Å². The van der Waals surface area contributed by atoms with Crippen LogP contribution in [-0.2, 0) is 4.79 Å². The lowest BCUT2D eigenvalue weighted by Gasteiger charge is -1.86. The second kappa shape index (κ2) is 6.83. The fourth-order valence-corrected chi connectivity index (χ4v) is 0.574. The van der Waals surface area contributed by atoms with Crippen molar-refractivity contribution >= 4 is 5.78 Å². The molecule has 0 fully saturated rings. The third kappa shape index (κ3) is 8.72. The van der Waals surface area contributed by atoms with Gasteiger partial charge < -0.3 is 0 Å². The minimum absolute atomic E-state index is 0.0498. The highest BCUT2D eigenvalue weighted by molar-refractivity contribution is 5.87. The zero-order valence-electron chi connectivity index (χ0n) is 6.53. The molecule has 0 aliphatic rings. The van der Waals surface area contributed by atoms with E-state index in [1.807, 2.05) is 0 Å². The van der Waals surface area contributed by atoms with Crippen LogP contribution in [0.4, 0.5) is 0 Å². The normalized spacial score (nSPS) is 9.55. The Morgan fingerprint density at radius 1 is 1.73 bits per heavy atom. The summed E-state index contributed by atoms with van der Waals surface area (Å²) < 4.78 is 0. The van der Waals surface area contributed by atoms with Crippen molar-refractivity contribution in [2.24, 2.45) is 5.11 Å². The molecule has 0 bridgehead atoms. The van der Waals surface area contributed by atoms with Gasteiger partial charge in [0.25, 0.3) is 0 Å². The zero-order valence-corrected chi connectivity index (χ0v) is 6.53. The lowest BCUT2D eigenvalue weighted by atomic mass is 10.2. The molecular weight excluding hydrogens is 142 g/mol. The van der Waals surface area contributed by atoms with Crippen LogP contribution >= 0.6 is 0 Å². The lowest BCUT2D eigenvalue weighted by Crippen LogP contribution is -1.81. The Hall–Kier alpha value is -1.28. The summed E-state index contributed by atoms with van der Waals surface area (Å²) in [6.45, 7) is 2.00. The van der Waals surface area contributed by atoms with E-state index in [2.05, 4.69) is 10.0 Å². The number of hydrogen-bond donors (Lipinski definition) is 0. The Kier molecular flexibility index (Phi) is 6.04. The van der Waals surface area contributed by atoms with Crippen molar-refractivity contribution < 1.29 is 4.79 Å². The van der Waals surface area contributed by atoms with Crippen molar-refractivity contribution in [1.29, 1.82) is 0 Å². The summed E-state index contributed by atoms with van der Waals surface area (Å²) in [6, 6.07) is 0. The average molecular weight is 153 g/mol.